The van der Waals surface area contributed by atoms with Crippen LogP contribution in [0.3, 0.4) is 0 Å². The van der Waals surface area contributed by atoms with Crippen molar-refractivity contribution in [2.45, 2.75) is 111 Å². The molecule has 120 valence electrons. The molecule has 0 aliphatic heterocycles. The van der Waals surface area contributed by atoms with Gasteiger partial charge < -0.3 is 0 Å². The second kappa shape index (κ2) is 0. The summed E-state index contributed by atoms with van der Waals surface area (Å²) in [6.07, 6.45) is 0. The molecule has 0 aromatic heterocycles. The van der Waals surface area contributed by atoms with Crippen molar-refractivity contribution < 1.29 is 1.37 Å². The molecule has 0 aliphatic rings. The lowest BCUT2D eigenvalue weighted by molar-refractivity contribution is 2.50. The van der Waals surface area contributed by atoms with Crippen LogP contribution in [0.15, 0.2) is 0 Å². The van der Waals surface area contributed by atoms with Crippen molar-refractivity contribution in [3.8, 4) is 0 Å². The van der Waals surface area contributed by atoms with E-state index in [2.05, 4.69) is 0 Å². The highest BCUT2D eigenvalue weighted by molar-refractivity contribution is 2.52. The Morgan fingerprint density at radius 2 is 0.200 bits per heavy atom. The van der Waals surface area contributed by atoms with Gasteiger partial charge >= 0.3 is 0 Å². The van der Waals surface area contributed by atoms with Crippen molar-refractivity contribution in [2.75, 3.05) is 0 Å². The second-order valence-corrected chi connectivity index (χ2v) is 0. The molecular formula is C15H60. The van der Waals surface area contributed by atoms with E-state index < -0.39 is 0 Å². The van der Waals surface area contributed by atoms with E-state index in [1.54, 1.807) is 0 Å². The van der Waals surface area contributed by atoms with Gasteiger partial charge in [0.2, 0.25) is 0 Å². The van der Waals surface area contributed by atoms with Crippen molar-refractivity contribution in [1.29, 1.82) is 0 Å². The van der Waals surface area contributed by atoms with Crippen molar-refractivity contribution >= 4 is 0 Å². The molecule has 0 heteroatoms. The Kier molecular flexibility index (Phi) is 0. The molecule has 0 nitrogen and oxygen atoms in total. The van der Waals surface area contributed by atoms with Crippen LogP contribution in [0.1, 0.15) is 113 Å². The number of hydrogen-bond donors (Lipinski definition) is 0. The van der Waals surface area contributed by atoms with Gasteiger partial charge in [-0.15, -0.1) is 0 Å². The third-order valence-electron chi connectivity index (χ3n) is 0. The van der Waals surface area contributed by atoms with Crippen LogP contribution in [0, 0.1) is 0 Å². The first-order valence-corrected chi connectivity index (χ1v) is 0. The number of hydrogen-bond acceptors (Lipinski definition) is 0. The van der Waals surface area contributed by atoms with Crippen LogP contribution in [0.2, 0.25) is 0 Å². The molecule has 0 aromatic rings. The van der Waals surface area contributed by atoms with Crippen molar-refractivity contribution in [2.24, 2.45) is 0 Å². The van der Waals surface area contributed by atoms with E-state index in [9.17, 15) is 0 Å². The lowest BCUT2D eigenvalue weighted by Crippen LogP contribution is 0.143. The van der Waals surface area contributed by atoms with Gasteiger partial charge in [0.1, 0.15) is 0 Å². The van der Waals surface area contributed by atoms with Gasteiger partial charge in [-0.2, -0.15) is 0 Å². The van der Waals surface area contributed by atoms with Gasteiger partial charge in [0.15, 0.2) is 0 Å². The summed E-state index contributed by atoms with van der Waals surface area (Å²) in [5.74, 6) is 0. The van der Waals surface area contributed by atoms with E-state index in [1.165, 1.54) is 7.40 Å². The zero-order valence-electron chi connectivity index (χ0n) is 2.00. The van der Waals surface area contributed by atoms with Crippen LogP contribution in [-0.4, -0.2) is 0 Å². The highest BCUT2D eigenvalue weighted by Crippen LogP contribution is 0.158. The molecule has 0 unspecified atom stereocenters. The molecule has 0 saturated carbocycles. The van der Waals surface area contributed by atoms with E-state index in [1.807, 2.05) is 0 Å². The summed E-state index contributed by atoms with van der Waals surface area (Å²) in [5.41, 5.74) is 0. The standard InChI is InChI=1S/15CH4/h15*1H4/i1D;;;;;;;;;;;;;;. The number of rotatable bonds is 0. The molecule has 0 aliphatic carbocycles. The average Bonchev–Trinajstić information content (AvgIpc) is 1.00. The van der Waals surface area contributed by atoms with Gasteiger partial charge in [0.05, 0.1) is 0 Å². The minimum absolute atomic E-state index is 0. The fourth-order valence-corrected chi connectivity index (χ4v) is 0. The van der Waals surface area contributed by atoms with Crippen LogP contribution in [0.4, 0.5) is 0 Å². The minimum Gasteiger partial charge on any atom is -0.0776 e. The summed E-state index contributed by atoms with van der Waals surface area (Å²) in [6, 6.07) is 0. The zero-order valence-corrected chi connectivity index (χ0v) is 1.00. The monoisotopic (exact) mass is 241 g/mol. The Morgan fingerprint density at radius 1 is 0.200 bits per heavy atom. The third kappa shape index (κ3) is 0. The fourth-order valence-electron chi connectivity index (χ4n) is 0. The Labute approximate surface area is 113 Å². The molecule has 0 amide bonds. The maximum Gasteiger partial charge on any atom is 0.0194 e. The Bertz CT molecular complexity index is 5.40. The summed E-state index contributed by atoms with van der Waals surface area (Å²) in [6.45, 7) is 0. The Hall–Kier alpha value is 0. The van der Waals surface area contributed by atoms with Crippen LogP contribution >= 0.6 is 0 Å². The summed E-state index contributed by atoms with van der Waals surface area (Å²) >= 11 is 0. The summed E-state index contributed by atoms with van der Waals surface area (Å²) < 4.78 is 5.75. The molecule has 0 heterocycles. The summed E-state index contributed by atoms with van der Waals surface area (Å²) in [5, 5.41) is 0. The fraction of sp³-hybridized carbons (Fsp3) is 1.00. The van der Waals surface area contributed by atoms with E-state index in [0.717, 1.165) is 0 Å². The van der Waals surface area contributed by atoms with Crippen LogP contribution in [-0.2, 0) is 0 Å². The maximum absolute atomic E-state index is 5.75. The van der Waals surface area contributed by atoms with Gasteiger partial charge in [0.25, 0.3) is 0 Å². The van der Waals surface area contributed by atoms with Crippen molar-refractivity contribution in [3.05, 3.63) is 0 Å². The Morgan fingerprint density at radius 3 is 0.200 bits per heavy atom. The molecule has 0 fully saturated rings. The molecule has 0 bridgehead atoms. The quantitative estimate of drug-likeness (QED) is 0.396. The van der Waals surface area contributed by atoms with E-state index in [-0.39, 0.29) is 104 Å². The largest absolute Gasteiger partial charge is 0.0776 e. The van der Waals surface area contributed by atoms with Gasteiger partial charge in [-0.05, 0) is 0 Å². The highest BCUT2D eigenvalue weighted by Gasteiger charge is -0.0636. The SMILES string of the molecule is C.C.C.C.C.C.C.C.C.C.C.C.C.C.[2H]C. The van der Waals surface area contributed by atoms with Gasteiger partial charge in [-0.1, -0.05) is 111 Å². The van der Waals surface area contributed by atoms with Gasteiger partial charge in [-0.3, -0.25) is 0 Å². The van der Waals surface area contributed by atoms with Gasteiger partial charge in [0, 0.05) is 1.37 Å². The first-order valence-electron chi connectivity index (χ1n) is 1.00. The molecule has 0 saturated heterocycles. The molecule has 0 aromatic carbocycles. The first kappa shape index (κ1) is 2940. The lowest BCUT2D eigenvalue weighted by atomic mass is 12.0. The van der Waals surface area contributed by atoms with Crippen LogP contribution in [0.25, 0.3) is 0 Å². The molecular weight excluding hydrogens is 180 g/mol. The van der Waals surface area contributed by atoms with Gasteiger partial charge in [-0.25, -0.2) is 0 Å². The molecule has 0 rings (SSSR count). The van der Waals surface area contributed by atoms with Crippen LogP contribution in [0.5, 0.6) is 0 Å². The zero-order chi connectivity index (χ0) is 2.00. The predicted octanol–water partition coefficient (Wildman–Crippen LogP) is 9.54. The third-order valence-corrected chi connectivity index (χ3v) is 0. The molecule has 0 radical (unpaired) electrons. The highest BCUT2D eigenvalue weighted by atomic mass is 12.0. The molecule has 0 N–H and O–H groups in total. The van der Waals surface area contributed by atoms with Crippen molar-refractivity contribution in [1.82, 2.24) is 0 Å². The smallest absolute Gasteiger partial charge is 0.0194 e. The molecule has 15 heavy (non-hydrogen) atoms. The predicted molar refractivity (Wildman–Crippen MR) is 101 cm³/mol. The topological polar surface area (TPSA) is 0 Å². The summed E-state index contributed by atoms with van der Waals surface area (Å²) in [4.78, 5) is 0. The second-order valence-electron chi connectivity index (χ2n) is 0. The average molecular weight is 242 g/mol. The minimum atomic E-state index is 0. The molecule has 0 spiro atoms. The van der Waals surface area contributed by atoms with Crippen LogP contribution < -0.4 is 0 Å². The summed E-state index contributed by atoms with van der Waals surface area (Å²) in [7, 11) is 1.25. The normalized spacial score (nSPS) is 0.467. The Balaban J connectivity index is -0.0000000000549. The first-order chi connectivity index (χ1) is 1.00. The van der Waals surface area contributed by atoms with E-state index >= 15 is 0 Å². The lowest BCUT2D eigenvalue weighted by Gasteiger charge is -0.0786. The van der Waals surface area contributed by atoms with E-state index in [4.69, 9.17) is 1.37 Å². The molecule has 0 atom stereocenters. The maximum atomic E-state index is 5.75. The van der Waals surface area contributed by atoms with Crippen molar-refractivity contribution in [3.63, 3.8) is 0 Å². The van der Waals surface area contributed by atoms with E-state index in [0.29, 0.717) is 0 Å².